The summed E-state index contributed by atoms with van der Waals surface area (Å²) in [5.74, 6) is 0.723. The average molecular weight is 185 g/mol. The van der Waals surface area contributed by atoms with E-state index >= 15 is 0 Å². The minimum atomic E-state index is -0.557. The summed E-state index contributed by atoms with van der Waals surface area (Å²) < 4.78 is 0. The van der Waals surface area contributed by atoms with E-state index in [0.717, 1.165) is 16.9 Å². The number of rotatable bonds is 1. The van der Waals surface area contributed by atoms with Gasteiger partial charge in [-0.25, -0.2) is 4.98 Å². The largest absolute Gasteiger partial charge is 0.341 e. The first-order valence-electron chi connectivity index (χ1n) is 4.50. The smallest absolute Gasteiger partial charge is 0.127 e. The lowest BCUT2D eigenvalue weighted by molar-refractivity contribution is 0.642. The molecule has 0 spiro atoms. The molecule has 0 amide bonds. The van der Waals surface area contributed by atoms with Gasteiger partial charge < -0.3 is 4.98 Å². The second kappa shape index (κ2) is 2.85. The number of hydrogen-bond acceptors (Lipinski definition) is 2. The van der Waals surface area contributed by atoms with Crippen molar-refractivity contribution >= 4 is 11.0 Å². The van der Waals surface area contributed by atoms with E-state index in [-0.39, 0.29) is 0 Å². The van der Waals surface area contributed by atoms with Crippen LogP contribution in [0.2, 0.25) is 0 Å². The molecule has 0 unspecified atom stereocenters. The Labute approximate surface area is 82.4 Å². The van der Waals surface area contributed by atoms with Gasteiger partial charge in [0.25, 0.3) is 0 Å². The molecule has 14 heavy (non-hydrogen) atoms. The summed E-state index contributed by atoms with van der Waals surface area (Å²) in [4.78, 5) is 7.53. The average Bonchev–Trinajstić information content (AvgIpc) is 2.61. The first kappa shape index (κ1) is 8.76. The number of aromatic amines is 1. The van der Waals surface area contributed by atoms with Crippen LogP contribution >= 0.6 is 0 Å². The van der Waals surface area contributed by atoms with Crippen LogP contribution in [0, 0.1) is 11.3 Å². The molecule has 1 N–H and O–H groups in total. The van der Waals surface area contributed by atoms with E-state index in [1.165, 1.54) is 0 Å². The third-order valence-electron chi connectivity index (χ3n) is 2.26. The van der Waals surface area contributed by atoms with Crippen LogP contribution in [0.5, 0.6) is 0 Å². The van der Waals surface area contributed by atoms with E-state index < -0.39 is 5.41 Å². The minimum absolute atomic E-state index is 0.557. The zero-order chi connectivity index (χ0) is 10.2. The van der Waals surface area contributed by atoms with E-state index in [9.17, 15) is 0 Å². The van der Waals surface area contributed by atoms with Crippen LogP contribution in [0.25, 0.3) is 11.0 Å². The molecule has 0 aliphatic heterocycles. The SMILES string of the molecule is CC(C)(C#N)c1nc2ccccc2[nH]1. The normalized spacial score (nSPS) is 11.5. The fraction of sp³-hybridized carbons (Fsp3) is 0.273. The maximum atomic E-state index is 8.96. The third kappa shape index (κ3) is 1.25. The summed E-state index contributed by atoms with van der Waals surface area (Å²) in [5, 5.41) is 8.96. The predicted octanol–water partition coefficient (Wildman–Crippen LogP) is 2.36. The van der Waals surface area contributed by atoms with Gasteiger partial charge in [0.2, 0.25) is 0 Å². The van der Waals surface area contributed by atoms with Gasteiger partial charge in [-0.1, -0.05) is 12.1 Å². The van der Waals surface area contributed by atoms with E-state index in [1.54, 1.807) is 0 Å². The van der Waals surface area contributed by atoms with Gasteiger partial charge in [-0.15, -0.1) is 0 Å². The molecule has 0 aliphatic rings. The molecule has 0 saturated heterocycles. The zero-order valence-corrected chi connectivity index (χ0v) is 8.20. The maximum Gasteiger partial charge on any atom is 0.127 e. The van der Waals surface area contributed by atoms with Crippen molar-refractivity contribution in [2.45, 2.75) is 19.3 Å². The van der Waals surface area contributed by atoms with Crippen LogP contribution in [0.15, 0.2) is 24.3 Å². The molecule has 0 aliphatic carbocycles. The fourth-order valence-corrected chi connectivity index (χ4v) is 1.30. The first-order valence-corrected chi connectivity index (χ1v) is 4.50. The fourth-order valence-electron chi connectivity index (χ4n) is 1.30. The topological polar surface area (TPSA) is 52.5 Å². The molecule has 0 atom stereocenters. The summed E-state index contributed by atoms with van der Waals surface area (Å²) in [6, 6.07) is 10.0. The number of H-pyrrole nitrogens is 1. The van der Waals surface area contributed by atoms with Crippen molar-refractivity contribution < 1.29 is 0 Å². The Morgan fingerprint density at radius 3 is 2.71 bits per heavy atom. The van der Waals surface area contributed by atoms with Gasteiger partial charge in [-0.3, -0.25) is 0 Å². The molecule has 3 heteroatoms. The van der Waals surface area contributed by atoms with Crippen molar-refractivity contribution in [2.75, 3.05) is 0 Å². The standard InChI is InChI=1S/C11H11N3/c1-11(2,7-12)10-13-8-5-3-4-6-9(8)14-10/h3-6H,1-2H3,(H,13,14). The second-order valence-electron chi connectivity index (χ2n) is 3.84. The van der Waals surface area contributed by atoms with Crippen molar-refractivity contribution in [3.8, 4) is 6.07 Å². The zero-order valence-electron chi connectivity index (χ0n) is 8.20. The Morgan fingerprint density at radius 2 is 2.07 bits per heavy atom. The van der Waals surface area contributed by atoms with Crippen LogP contribution in [0.3, 0.4) is 0 Å². The molecule has 1 heterocycles. The molecule has 1 aromatic carbocycles. The summed E-state index contributed by atoms with van der Waals surface area (Å²) >= 11 is 0. The van der Waals surface area contributed by atoms with Crippen LogP contribution < -0.4 is 0 Å². The van der Waals surface area contributed by atoms with Gasteiger partial charge in [-0.2, -0.15) is 5.26 Å². The van der Waals surface area contributed by atoms with Gasteiger partial charge in [-0.05, 0) is 26.0 Å². The Morgan fingerprint density at radius 1 is 1.36 bits per heavy atom. The molecule has 0 bridgehead atoms. The highest BCUT2D eigenvalue weighted by molar-refractivity contribution is 5.75. The number of hydrogen-bond donors (Lipinski definition) is 1. The Balaban J connectivity index is 2.62. The number of nitrogens with one attached hydrogen (secondary N) is 1. The predicted molar refractivity (Wildman–Crippen MR) is 54.7 cm³/mol. The molecule has 1 aromatic heterocycles. The monoisotopic (exact) mass is 185 g/mol. The minimum Gasteiger partial charge on any atom is -0.341 e. The first-order chi connectivity index (χ1) is 6.63. The van der Waals surface area contributed by atoms with E-state index in [0.29, 0.717) is 0 Å². The van der Waals surface area contributed by atoms with Gasteiger partial charge in [0.15, 0.2) is 0 Å². The van der Waals surface area contributed by atoms with E-state index in [2.05, 4.69) is 16.0 Å². The lowest BCUT2D eigenvalue weighted by Gasteiger charge is -2.10. The van der Waals surface area contributed by atoms with Crippen molar-refractivity contribution in [1.29, 1.82) is 5.26 Å². The molecule has 70 valence electrons. The molecular formula is C11H11N3. The van der Waals surface area contributed by atoms with Crippen molar-refractivity contribution in [3.05, 3.63) is 30.1 Å². The van der Waals surface area contributed by atoms with Gasteiger partial charge >= 0.3 is 0 Å². The molecule has 0 radical (unpaired) electrons. The summed E-state index contributed by atoms with van der Waals surface area (Å²) in [7, 11) is 0. The van der Waals surface area contributed by atoms with Crippen LogP contribution in [-0.2, 0) is 5.41 Å². The lowest BCUT2D eigenvalue weighted by Crippen LogP contribution is -2.15. The number of aromatic nitrogens is 2. The Bertz CT molecular complexity index is 469. The number of benzene rings is 1. The number of nitrogens with zero attached hydrogens (tertiary/aromatic N) is 2. The quantitative estimate of drug-likeness (QED) is 0.741. The third-order valence-corrected chi connectivity index (χ3v) is 2.26. The highest BCUT2D eigenvalue weighted by atomic mass is 14.9. The number of fused-ring (bicyclic) bond motifs is 1. The van der Waals surface area contributed by atoms with Crippen LogP contribution in [0.4, 0.5) is 0 Å². The van der Waals surface area contributed by atoms with Crippen LogP contribution in [0.1, 0.15) is 19.7 Å². The highest BCUT2D eigenvalue weighted by Crippen LogP contribution is 2.21. The van der Waals surface area contributed by atoms with Gasteiger partial charge in [0.1, 0.15) is 11.2 Å². The number of para-hydroxylation sites is 2. The van der Waals surface area contributed by atoms with E-state index in [4.69, 9.17) is 5.26 Å². The molecular weight excluding hydrogens is 174 g/mol. The van der Waals surface area contributed by atoms with Gasteiger partial charge in [0, 0.05) is 0 Å². The molecule has 2 aromatic rings. The molecule has 0 saturated carbocycles. The van der Waals surface area contributed by atoms with Crippen molar-refractivity contribution in [1.82, 2.24) is 9.97 Å². The summed E-state index contributed by atoms with van der Waals surface area (Å²) in [6.45, 7) is 3.70. The lowest BCUT2D eigenvalue weighted by atomic mass is 9.95. The molecule has 2 rings (SSSR count). The Hall–Kier alpha value is -1.82. The van der Waals surface area contributed by atoms with Gasteiger partial charge in [0.05, 0.1) is 17.1 Å². The van der Waals surface area contributed by atoms with Crippen LogP contribution in [-0.4, -0.2) is 9.97 Å². The highest BCUT2D eigenvalue weighted by Gasteiger charge is 2.23. The number of imidazole rings is 1. The van der Waals surface area contributed by atoms with E-state index in [1.807, 2.05) is 38.1 Å². The van der Waals surface area contributed by atoms with Crippen molar-refractivity contribution in [2.24, 2.45) is 0 Å². The summed E-state index contributed by atoms with van der Waals surface area (Å²) in [6.07, 6.45) is 0. The summed E-state index contributed by atoms with van der Waals surface area (Å²) in [5.41, 5.74) is 1.33. The maximum absolute atomic E-state index is 8.96. The number of nitriles is 1. The molecule has 0 fully saturated rings. The van der Waals surface area contributed by atoms with Crippen molar-refractivity contribution in [3.63, 3.8) is 0 Å². The second-order valence-corrected chi connectivity index (χ2v) is 3.84. The Kier molecular flexibility index (Phi) is 1.78. The molecule has 3 nitrogen and oxygen atoms in total.